The van der Waals surface area contributed by atoms with Gasteiger partial charge in [-0.15, -0.1) is 24.0 Å². The van der Waals surface area contributed by atoms with E-state index in [1.807, 2.05) is 18.2 Å². The molecule has 1 heterocycles. The van der Waals surface area contributed by atoms with Crippen molar-refractivity contribution in [3.05, 3.63) is 48.0 Å². The van der Waals surface area contributed by atoms with Crippen LogP contribution >= 0.6 is 24.0 Å². The smallest absolute Gasteiger partial charge is 0.191 e. The number of ether oxygens (including phenoxy) is 3. The lowest BCUT2D eigenvalue weighted by molar-refractivity contribution is 0.321. The maximum atomic E-state index is 5.77. The first-order valence-corrected chi connectivity index (χ1v) is 10.8. The number of benzene rings is 2. The summed E-state index contributed by atoms with van der Waals surface area (Å²) in [7, 11) is 5.16. The zero-order chi connectivity index (χ0) is 22.1. The third-order valence-corrected chi connectivity index (χ3v) is 5.44. The van der Waals surface area contributed by atoms with E-state index < -0.39 is 0 Å². The van der Waals surface area contributed by atoms with E-state index >= 15 is 0 Å². The van der Waals surface area contributed by atoms with Crippen molar-refractivity contribution >= 4 is 35.6 Å². The Balaban J connectivity index is 0.00000363. The molecule has 0 radical (unpaired) electrons. The van der Waals surface area contributed by atoms with Crippen molar-refractivity contribution in [1.82, 2.24) is 10.6 Å². The highest BCUT2D eigenvalue weighted by Crippen LogP contribution is 2.30. The Morgan fingerprint density at radius 3 is 2.19 bits per heavy atom. The molecule has 1 saturated heterocycles. The minimum Gasteiger partial charge on any atom is -0.497 e. The number of hydrogen-bond donors (Lipinski definition) is 2. The average molecular weight is 554 g/mol. The third kappa shape index (κ3) is 7.65. The molecule has 0 unspecified atom stereocenters. The van der Waals surface area contributed by atoms with Gasteiger partial charge in [-0.25, -0.2) is 0 Å². The van der Waals surface area contributed by atoms with Crippen LogP contribution in [-0.4, -0.2) is 59.5 Å². The number of rotatable bonds is 8. The van der Waals surface area contributed by atoms with Crippen molar-refractivity contribution in [3.8, 4) is 17.2 Å². The van der Waals surface area contributed by atoms with Crippen molar-refractivity contribution in [2.24, 2.45) is 4.99 Å². The molecule has 1 fully saturated rings. The van der Waals surface area contributed by atoms with Gasteiger partial charge in [0, 0.05) is 50.1 Å². The predicted molar refractivity (Wildman–Crippen MR) is 141 cm³/mol. The van der Waals surface area contributed by atoms with Crippen LogP contribution in [0.3, 0.4) is 0 Å². The summed E-state index contributed by atoms with van der Waals surface area (Å²) in [6.45, 7) is 5.26. The number of guanidine groups is 1. The Hall–Kier alpha value is -2.36. The largest absolute Gasteiger partial charge is 0.497 e. The molecule has 0 saturated carbocycles. The minimum absolute atomic E-state index is 0. The van der Waals surface area contributed by atoms with Gasteiger partial charge in [-0.3, -0.25) is 4.99 Å². The summed E-state index contributed by atoms with van der Waals surface area (Å²) in [5.74, 6) is 3.32. The van der Waals surface area contributed by atoms with Gasteiger partial charge < -0.3 is 29.7 Å². The van der Waals surface area contributed by atoms with Crippen molar-refractivity contribution in [2.45, 2.75) is 25.8 Å². The van der Waals surface area contributed by atoms with Crippen LogP contribution in [0.25, 0.3) is 0 Å². The lowest BCUT2D eigenvalue weighted by Gasteiger charge is -2.34. The fourth-order valence-corrected chi connectivity index (χ4v) is 3.62. The van der Waals surface area contributed by atoms with Crippen LogP contribution in [0.4, 0.5) is 5.69 Å². The van der Waals surface area contributed by atoms with Crippen LogP contribution < -0.4 is 29.7 Å². The first-order chi connectivity index (χ1) is 15.1. The predicted octanol–water partition coefficient (Wildman–Crippen LogP) is 3.84. The number of piperidine rings is 1. The average Bonchev–Trinajstić information content (AvgIpc) is 2.82. The fraction of sp³-hybridized carbons (Fsp3) is 0.458. The van der Waals surface area contributed by atoms with Crippen molar-refractivity contribution in [1.29, 1.82) is 0 Å². The Morgan fingerprint density at radius 2 is 1.62 bits per heavy atom. The first kappa shape index (κ1) is 25.9. The number of halogens is 1. The van der Waals surface area contributed by atoms with E-state index in [0.29, 0.717) is 19.2 Å². The second-order valence-electron chi connectivity index (χ2n) is 7.64. The Bertz CT molecular complexity index is 831. The number of aryl methyl sites for hydroxylation is 1. The molecular formula is C24H35IN4O3. The van der Waals surface area contributed by atoms with E-state index in [2.05, 4.69) is 51.7 Å². The van der Waals surface area contributed by atoms with E-state index in [4.69, 9.17) is 14.2 Å². The van der Waals surface area contributed by atoms with E-state index in [0.717, 1.165) is 54.8 Å². The van der Waals surface area contributed by atoms with Gasteiger partial charge in [-0.2, -0.15) is 0 Å². The maximum Gasteiger partial charge on any atom is 0.191 e. The molecule has 7 nitrogen and oxygen atoms in total. The number of aliphatic imine (C=N–C) groups is 1. The van der Waals surface area contributed by atoms with Gasteiger partial charge in [0.25, 0.3) is 0 Å². The highest BCUT2D eigenvalue weighted by atomic mass is 127. The van der Waals surface area contributed by atoms with Gasteiger partial charge in [0.2, 0.25) is 0 Å². The van der Waals surface area contributed by atoms with Crippen LogP contribution in [0.5, 0.6) is 17.2 Å². The number of nitrogens with one attached hydrogen (secondary N) is 2. The molecular weight excluding hydrogens is 519 g/mol. The zero-order valence-corrected chi connectivity index (χ0v) is 21.7. The van der Waals surface area contributed by atoms with E-state index in [1.165, 1.54) is 5.56 Å². The van der Waals surface area contributed by atoms with Crippen molar-refractivity contribution < 1.29 is 14.2 Å². The minimum atomic E-state index is 0. The molecule has 32 heavy (non-hydrogen) atoms. The van der Waals surface area contributed by atoms with Gasteiger partial charge in [0.05, 0.1) is 20.8 Å². The monoisotopic (exact) mass is 554 g/mol. The quantitative estimate of drug-likeness (QED) is 0.224. The number of nitrogens with zero attached hydrogens (tertiary/aromatic N) is 2. The van der Waals surface area contributed by atoms with Gasteiger partial charge in [-0.05, 0) is 31.9 Å². The highest BCUT2D eigenvalue weighted by molar-refractivity contribution is 14.0. The SMILES string of the molecule is CN=C(NCCOc1ccc(C)cc1)NC1CCN(c2cc(OC)cc(OC)c2)CC1.I. The van der Waals surface area contributed by atoms with Crippen LogP contribution in [0.15, 0.2) is 47.5 Å². The molecule has 0 bridgehead atoms. The Morgan fingerprint density at radius 1 is 1.00 bits per heavy atom. The van der Waals surface area contributed by atoms with Gasteiger partial charge in [-0.1, -0.05) is 17.7 Å². The third-order valence-electron chi connectivity index (χ3n) is 5.44. The second kappa shape index (κ2) is 13.2. The molecule has 2 aromatic carbocycles. The fourth-order valence-electron chi connectivity index (χ4n) is 3.62. The Kier molecular flexibility index (Phi) is 10.7. The highest BCUT2D eigenvalue weighted by Gasteiger charge is 2.21. The van der Waals surface area contributed by atoms with Crippen LogP contribution in [0.2, 0.25) is 0 Å². The summed E-state index contributed by atoms with van der Waals surface area (Å²) in [6, 6.07) is 14.5. The first-order valence-electron chi connectivity index (χ1n) is 10.8. The number of hydrogen-bond acceptors (Lipinski definition) is 5. The van der Waals surface area contributed by atoms with Crippen LogP contribution in [0, 0.1) is 6.92 Å². The molecule has 3 rings (SSSR count). The summed E-state index contributed by atoms with van der Waals surface area (Å²) in [4.78, 5) is 6.72. The molecule has 0 atom stereocenters. The summed E-state index contributed by atoms with van der Waals surface area (Å²) >= 11 is 0. The van der Waals surface area contributed by atoms with Crippen LogP contribution in [-0.2, 0) is 0 Å². The molecule has 1 aliphatic rings. The molecule has 0 amide bonds. The van der Waals surface area contributed by atoms with Gasteiger partial charge in [0.1, 0.15) is 23.9 Å². The standard InChI is InChI=1S/C24H34N4O3.HI/c1-18-5-7-21(8-6-18)31-14-11-26-24(25-2)27-19-9-12-28(13-10-19)20-15-22(29-3)17-23(16-20)30-4;/h5-8,15-17,19H,9-14H2,1-4H3,(H2,25,26,27);1H. The van der Waals surface area contributed by atoms with Crippen molar-refractivity contribution in [2.75, 3.05) is 52.4 Å². The maximum absolute atomic E-state index is 5.77. The van der Waals surface area contributed by atoms with E-state index in [1.54, 1.807) is 21.3 Å². The van der Waals surface area contributed by atoms with Crippen molar-refractivity contribution in [3.63, 3.8) is 0 Å². The summed E-state index contributed by atoms with van der Waals surface area (Å²) in [5, 5.41) is 6.87. The molecule has 2 aromatic rings. The molecule has 0 spiro atoms. The van der Waals surface area contributed by atoms with Crippen LogP contribution in [0.1, 0.15) is 18.4 Å². The molecule has 0 aromatic heterocycles. The summed E-state index contributed by atoms with van der Waals surface area (Å²) in [6.07, 6.45) is 2.06. The second-order valence-corrected chi connectivity index (χ2v) is 7.64. The van der Waals surface area contributed by atoms with E-state index in [-0.39, 0.29) is 24.0 Å². The van der Waals surface area contributed by atoms with E-state index in [9.17, 15) is 0 Å². The Labute approximate surface area is 208 Å². The summed E-state index contributed by atoms with van der Waals surface area (Å²) < 4.78 is 16.6. The lowest BCUT2D eigenvalue weighted by atomic mass is 10.0. The van der Waals surface area contributed by atoms with Gasteiger partial charge in [0.15, 0.2) is 5.96 Å². The lowest BCUT2D eigenvalue weighted by Crippen LogP contribution is -2.49. The molecule has 8 heteroatoms. The normalized spacial score (nSPS) is 14.4. The molecule has 1 aliphatic heterocycles. The zero-order valence-electron chi connectivity index (χ0n) is 19.4. The molecule has 176 valence electrons. The topological polar surface area (TPSA) is 67.4 Å². The van der Waals surface area contributed by atoms with Gasteiger partial charge >= 0.3 is 0 Å². The summed E-state index contributed by atoms with van der Waals surface area (Å²) in [5.41, 5.74) is 2.36. The molecule has 2 N–H and O–H groups in total. The number of anilines is 1. The number of methoxy groups -OCH3 is 2. The molecule has 0 aliphatic carbocycles.